The van der Waals surface area contributed by atoms with E-state index in [2.05, 4.69) is 36.6 Å². The van der Waals surface area contributed by atoms with Gasteiger partial charge in [0.2, 0.25) is 35.4 Å². The molecule has 0 saturated carbocycles. The van der Waals surface area contributed by atoms with Gasteiger partial charge in [-0.05, 0) is 12.8 Å². The number of nitrogens with zero attached hydrogens (tertiary/aromatic N) is 1. The van der Waals surface area contributed by atoms with Crippen molar-refractivity contribution in [1.82, 2.24) is 36.6 Å². The molecule has 38 heavy (non-hydrogen) atoms. The van der Waals surface area contributed by atoms with E-state index in [0.717, 1.165) is 0 Å². The number of carbonyl (C=O) groups is 6. The first-order valence-electron chi connectivity index (χ1n) is 11.9. The molecule has 1 fully saturated rings. The van der Waals surface area contributed by atoms with Gasteiger partial charge >= 0.3 is 0 Å². The van der Waals surface area contributed by atoms with Crippen LogP contribution in [-0.4, -0.2) is 87.1 Å². The third-order valence-corrected chi connectivity index (χ3v) is 7.94. The maximum atomic E-state index is 13.1. The van der Waals surface area contributed by atoms with Crippen molar-refractivity contribution in [3.8, 4) is 0 Å². The van der Waals surface area contributed by atoms with Crippen molar-refractivity contribution >= 4 is 57.0 Å². The summed E-state index contributed by atoms with van der Waals surface area (Å²) in [4.78, 5) is 82.6. The number of nitrogens with two attached hydrogens (primary N) is 1. The molecule has 16 heteroatoms. The quantitative estimate of drug-likeness (QED) is 0.194. The number of nitrogens with one attached hydrogen (secondary N) is 6. The molecule has 1 saturated heterocycles. The molecule has 6 amide bonds. The van der Waals surface area contributed by atoms with E-state index in [0.29, 0.717) is 5.69 Å². The zero-order chi connectivity index (χ0) is 28.4. The van der Waals surface area contributed by atoms with Crippen LogP contribution >= 0.6 is 21.6 Å². The van der Waals surface area contributed by atoms with E-state index in [-0.39, 0.29) is 23.8 Å². The number of amides is 6. The summed E-state index contributed by atoms with van der Waals surface area (Å²) in [5.41, 5.74) is 6.02. The van der Waals surface area contributed by atoms with E-state index in [9.17, 15) is 28.8 Å². The predicted molar refractivity (Wildman–Crippen MR) is 142 cm³/mol. The van der Waals surface area contributed by atoms with Crippen LogP contribution in [0.25, 0.3) is 0 Å². The summed E-state index contributed by atoms with van der Waals surface area (Å²) < 4.78 is 0. The molecule has 1 aromatic rings. The van der Waals surface area contributed by atoms with Crippen LogP contribution in [-0.2, 0) is 35.2 Å². The predicted octanol–water partition coefficient (Wildman–Crippen LogP) is -2.05. The molecule has 0 aromatic carbocycles. The molecule has 0 unspecified atom stereocenters. The van der Waals surface area contributed by atoms with Gasteiger partial charge in [-0.15, -0.1) is 0 Å². The van der Waals surface area contributed by atoms with E-state index in [1.165, 1.54) is 48.0 Å². The number of hydrogen-bond donors (Lipinski definition) is 7. The maximum absolute atomic E-state index is 13.1. The van der Waals surface area contributed by atoms with Crippen molar-refractivity contribution in [1.29, 1.82) is 0 Å². The van der Waals surface area contributed by atoms with Crippen LogP contribution in [0.3, 0.4) is 0 Å². The Bertz CT molecular complexity index is 1020. The number of primary amides is 1. The highest BCUT2D eigenvalue weighted by atomic mass is 33.1. The van der Waals surface area contributed by atoms with Crippen LogP contribution in [0.5, 0.6) is 0 Å². The minimum absolute atomic E-state index is 0.0396. The fraction of sp³-hybridized carbons (Fsp3) is 0.591. The normalized spacial score (nSPS) is 26.4. The zero-order valence-electron chi connectivity index (χ0n) is 21.5. The summed E-state index contributed by atoms with van der Waals surface area (Å²) in [5.74, 6) is -3.89. The number of carbonyl (C=O) groups excluding carboxylic acids is 6. The van der Waals surface area contributed by atoms with Crippen LogP contribution in [0.1, 0.15) is 33.4 Å². The highest BCUT2D eigenvalue weighted by Crippen LogP contribution is 2.23. The van der Waals surface area contributed by atoms with Gasteiger partial charge in [0.1, 0.15) is 30.2 Å². The van der Waals surface area contributed by atoms with Gasteiger partial charge in [-0.1, -0.05) is 35.4 Å². The molecule has 0 spiro atoms. The van der Waals surface area contributed by atoms with Crippen LogP contribution in [0, 0.1) is 5.92 Å². The molecule has 0 bridgehead atoms. The Morgan fingerprint density at radius 2 is 1.71 bits per heavy atom. The Hall–Kier alpha value is -3.27. The topological polar surface area (TPSA) is 217 Å². The summed E-state index contributed by atoms with van der Waals surface area (Å²) in [6.07, 6.45) is 2.96. The lowest BCUT2D eigenvalue weighted by Crippen LogP contribution is -2.59. The lowest BCUT2D eigenvalue weighted by molar-refractivity contribution is -0.135. The Kier molecular flexibility index (Phi) is 11.9. The molecular weight excluding hydrogens is 536 g/mol. The molecule has 210 valence electrons. The molecule has 1 aromatic heterocycles. The molecule has 8 N–H and O–H groups in total. The largest absolute Gasteiger partial charge is 0.368 e. The lowest BCUT2D eigenvalue weighted by atomic mass is 10.0. The monoisotopic (exact) mass is 570 g/mol. The smallest absolute Gasteiger partial charge is 0.244 e. The van der Waals surface area contributed by atoms with Gasteiger partial charge < -0.3 is 37.3 Å². The SMILES string of the molecule is CC(=O)N[C@@H]1CSSC[C@H](C(N)=O)NC(=O)[C@H](C(C)C)NC(=O)[C@@H](C)NC(=O)[C@@H](Cc2cnc[nH]2)NC1=O. The Labute approximate surface area is 227 Å². The second-order valence-electron chi connectivity index (χ2n) is 9.09. The van der Waals surface area contributed by atoms with E-state index >= 15 is 0 Å². The summed E-state index contributed by atoms with van der Waals surface area (Å²) in [6.45, 7) is 6.13. The van der Waals surface area contributed by atoms with Gasteiger partial charge in [0.25, 0.3) is 0 Å². The number of aromatic nitrogens is 2. The number of imidazole rings is 1. The van der Waals surface area contributed by atoms with Crippen molar-refractivity contribution in [2.75, 3.05) is 11.5 Å². The molecule has 1 aliphatic rings. The van der Waals surface area contributed by atoms with Gasteiger partial charge in [0, 0.05) is 36.7 Å². The highest BCUT2D eigenvalue weighted by molar-refractivity contribution is 8.76. The van der Waals surface area contributed by atoms with Crippen LogP contribution < -0.4 is 32.3 Å². The highest BCUT2D eigenvalue weighted by Gasteiger charge is 2.32. The molecular formula is C22H34N8O6S2. The first-order chi connectivity index (χ1) is 17.9. The molecule has 2 rings (SSSR count). The average Bonchev–Trinajstić information content (AvgIpc) is 3.34. The third kappa shape index (κ3) is 9.55. The first kappa shape index (κ1) is 31.0. The van der Waals surface area contributed by atoms with Gasteiger partial charge in [-0.3, -0.25) is 28.8 Å². The fourth-order valence-corrected chi connectivity index (χ4v) is 5.75. The molecule has 2 heterocycles. The van der Waals surface area contributed by atoms with Gasteiger partial charge in [-0.2, -0.15) is 0 Å². The number of hydrogen-bond acceptors (Lipinski definition) is 9. The van der Waals surface area contributed by atoms with Crippen LogP contribution in [0.15, 0.2) is 12.5 Å². The minimum Gasteiger partial charge on any atom is -0.368 e. The number of rotatable bonds is 5. The molecule has 5 atom stereocenters. The fourth-order valence-electron chi connectivity index (χ4n) is 3.41. The van der Waals surface area contributed by atoms with Gasteiger partial charge in [-0.25, -0.2) is 4.98 Å². The van der Waals surface area contributed by atoms with Gasteiger partial charge in [0.05, 0.1) is 6.33 Å². The van der Waals surface area contributed by atoms with Crippen molar-refractivity contribution in [3.05, 3.63) is 18.2 Å². The second-order valence-corrected chi connectivity index (χ2v) is 11.6. The lowest BCUT2D eigenvalue weighted by Gasteiger charge is -2.26. The van der Waals surface area contributed by atoms with E-state index in [1.54, 1.807) is 13.8 Å². The third-order valence-electron chi connectivity index (χ3n) is 5.52. The standard InChI is InChI=1S/C22H34N8O6S2/c1-10(2)17-22(36)29-15(18(23)32)7-37-38-8-16(27-12(4)31)21(35)28-14(5-13-6-24-9-25-13)20(34)26-11(3)19(33)30-17/h6,9-11,14-17H,5,7-8H2,1-4H3,(H2,23,32)(H,24,25)(H,26,34)(H,27,31)(H,28,35)(H,29,36)(H,30,33)/t11-,14-,15-,16-,17+/m1/s1. The second kappa shape index (κ2) is 14.6. The van der Waals surface area contributed by atoms with Crippen molar-refractivity contribution in [2.45, 2.75) is 64.3 Å². The van der Waals surface area contributed by atoms with Crippen LogP contribution in [0.4, 0.5) is 0 Å². The maximum Gasteiger partial charge on any atom is 0.244 e. The zero-order valence-corrected chi connectivity index (χ0v) is 23.2. The summed E-state index contributed by atoms with van der Waals surface area (Å²) in [5, 5.41) is 12.9. The first-order valence-corrected chi connectivity index (χ1v) is 14.4. The summed E-state index contributed by atoms with van der Waals surface area (Å²) in [6, 6.07) is -5.23. The van der Waals surface area contributed by atoms with Crippen molar-refractivity contribution in [2.24, 2.45) is 11.7 Å². The Balaban J connectivity index is 2.36. The van der Waals surface area contributed by atoms with Gasteiger partial charge in [0.15, 0.2) is 0 Å². The number of aromatic amines is 1. The summed E-state index contributed by atoms with van der Waals surface area (Å²) in [7, 11) is 2.35. The minimum atomic E-state index is -1.11. The number of H-pyrrole nitrogens is 1. The van der Waals surface area contributed by atoms with E-state index < -0.39 is 65.7 Å². The summed E-state index contributed by atoms with van der Waals surface area (Å²) >= 11 is 0. The Morgan fingerprint density at radius 1 is 1.03 bits per heavy atom. The van der Waals surface area contributed by atoms with Crippen molar-refractivity contribution < 1.29 is 28.8 Å². The Morgan fingerprint density at radius 3 is 2.29 bits per heavy atom. The molecule has 0 radical (unpaired) electrons. The molecule has 1 aliphatic heterocycles. The molecule has 0 aliphatic carbocycles. The van der Waals surface area contributed by atoms with Crippen LogP contribution in [0.2, 0.25) is 0 Å². The average molecular weight is 571 g/mol. The van der Waals surface area contributed by atoms with E-state index in [1.807, 2.05) is 0 Å². The molecule has 14 nitrogen and oxygen atoms in total. The van der Waals surface area contributed by atoms with E-state index in [4.69, 9.17) is 5.73 Å². The van der Waals surface area contributed by atoms with Crippen molar-refractivity contribution in [3.63, 3.8) is 0 Å².